The van der Waals surface area contributed by atoms with Crippen molar-refractivity contribution >= 4 is 29.3 Å². The molecule has 2 aromatic heterocycles. The van der Waals surface area contributed by atoms with E-state index in [0.29, 0.717) is 31.5 Å². The molecule has 2 unspecified atom stereocenters. The van der Waals surface area contributed by atoms with E-state index in [9.17, 15) is 4.79 Å². The number of carbonyl (C=O) groups excluding carboxylic acids is 1. The van der Waals surface area contributed by atoms with Gasteiger partial charge in [0.25, 0.3) is 5.91 Å². The maximum atomic E-state index is 12.8. The van der Waals surface area contributed by atoms with Crippen LogP contribution in [0, 0.1) is 0 Å². The Kier molecular flexibility index (Phi) is 8.93. The van der Waals surface area contributed by atoms with Gasteiger partial charge in [-0.3, -0.25) is 9.69 Å². The third kappa shape index (κ3) is 6.82. The van der Waals surface area contributed by atoms with Crippen LogP contribution < -0.4 is 15.1 Å². The van der Waals surface area contributed by atoms with Crippen LogP contribution in [-0.4, -0.2) is 108 Å². The second-order valence-electron chi connectivity index (χ2n) is 14.2. The predicted molar refractivity (Wildman–Crippen MR) is 182 cm³/mol. The number of pyridine rings is 1. The Labute approximate surface area is 273 Å². The summed E-state index contributed by atoms with van der Waals surface area (Å²) in [5.41, 5.74) is 2.84. The SMILES string of the molecule is CC1=CC(Nc2ncc3c(n2)N(c2cccc(N4C(=O)COCC4C)n2)C[C@@]3(C)COC(C)(C)C)C=CC=C1N1CCN(C)CC1. The quantitative estimate of drug-likeness (QED) is 0.479. The van der Waals surface area contributed by atoms with Gasteiger partial charge in [-0.05, 0) is 65.4 Å². The Balaban J connectivity index is 1.29. The predicted octanol–water partition coefficient (Wildman–Crippen LogP) is 4.28. The van der Waals surface area contributed by atoms with E-state index >= 15 is 0 Å². The Morgan fingerprint density at radius 3 is 2.63 bits per heavy atom. The first-order valence-corrected chi connectivity index (χ1v) is 16.3. The van der Waals surface area contributed by atoms with E-state index < -0.39 is 0 Å². The van der Waals surface area contributed by atoms with Crippen molar-refractivity contribution in [3.05, 3.63) is 65.5 Å². The molecule has 3 aliphatic heterocycles. The van der Waals surface area contributed by atoms with Crippen molar-refractivity contribution in [1.29, 1.82) is 0 Å². The fraction of sp³-hybridized carbons (Fsp3) is 0.543. The molecule has 0 bridgehead atoms. The number of carbonyl (C=O) groups is 1. The highest BCUT2D eigenvalue weighted by Crippen LogP contribution is 2.44. The zero-order valence-corrected chi connectivity index (χ0v) is 28.3. The summed E-state index contributed by atoms with van der Waals surface area (Å²) in [5.74, 6) is 2.57. The van der Waals surface area contributed by atoms with Gasteiger partial charge in [-0.2, -0.15) is 4.98 Å². The molecule has 11 nitrogen and oxygen atoms in total. The number of likely N-dealkylation sites (N-methyl/N-ethyl adjacent to an activating group) is 1. The van der Waals surface area contributed by atoms with E-state index in [1.165, 1.54) is 11.3 Å². The number of fused-ring (bicyclic) bond motifs is 1. The van der Waals surface area contributed by atoms with Crippen LogP contribution in [0.4, 0.5) is 23.4 Å². The molecule has 2 saturated heterocycles. The number of hydrogen-bond acceptors (Lipinski definition) is 10. The molecule has 0 radical (unpaired) electrons. The molecule has 0 aromatic carbocycles. The average Bonchev–Trinajstić information content (AvgIpc) is 3.17. The van der Waals surface area contributed by atoms with Gasteiger partial charge < -0.3 is 29.5 Å². The van der Waals surface area contributed by atoms with Crippen LogP contribution in [0.25, 0.3) is 0 Å². The number of nitrogens with one attached hydrogen (secondary N) is 1. The highest BCUT2D eigenvalue weighted by Gasteiger charge is 2.43. The van der Waals surface area contributed by atoms with Crippen molar-refractivity contribution in [2.75, 3.05) is 74.7 Å². The molecular weight excluding hydrogens is 580 g/mol. The number of nitrogens with zero attached hydrogens (tertiary/aromatic N) is 7. The van der Waals surface area contributed by atoms with Crippen molar-refractivity contribution in [2.24, 2.45) is 0 Å². The monoisotopic (exact) mass is 628 g/mol. The largest absolute Gasteiger partial charge is 0.375 e. The Morgan fingerprint density at radius 2 is 1.89 bits per heavy atom. The molecule has 0 saturated carbocycles. The summed E-state index contributed by atoms with van der Waals surface area (Å²) in [6.07, 6.45) is 10.7. The molecule has 5 heterocycles. The zero-order chi connectivity index (χ0) is 32.6. The molecule has 1 amide bonds. The maximum absolute atomic E-state index is 12.8. The van der Waals surface area contributed by atoms with Crippen molar-refractivity contribution in [3.8, 4) is 0 Å². The normalized spacial score (nSPS) is 25.7. The van der Waals surface area contributed by atoms with Crippen LogP contribution in [0.3, 0.4) is 0 Å². The zero-order valence-electron chi connectivity index (χ0n) is 28.3. The van der Waals surface area contributed by atoms with Gasteiger partial charge >= 0.3 is 0 Å². The fourth-order valence-electron chi connectivity index (χ4n) is 6.48. The van der Waals surface area contributed by atoms with E-state index in [4.69, 9.17) is 24.4 Å². The number of aromatic nitrogens is 3. The molecule has 3 atom stereocenters. The van der Waals surface area contributed by atoms with Crippen LogP contribution in [0.5, 0.6) is 0 Å². The van der Waals surface area contributed by atoms with E-state index in [1.54, 1.807) is 4.90 Å². The lowest BCUT2D eigenvalue weighted by Crippen LogP contribution is -2.48. The number of allylic oxidation sites excluding steroid dienone is 3. The van der Waals surface area contributed by atoms with Crippen LogP contribution in [0.2, 0.25) is 0 Å². The number of amides is 1. The van der Waals surface area contributed by atoms with E-state index in [1.807, 2.05) is 31.3 Å². The smallest absolute Gasteiger partial charge is 0.254 e. The van der Waals surface area contributed by atoms with Gasteiger partial charge in [-0.25, -0.2) is 9.97 Å². The first-order chi connectivity index (χ1) is 21.9. The molecule has 11 heteroatoms. The summed E-state index contributed by atoms with van der Waals surface area (Å²) in [6.45, 7) is 18.4. The highest BCUT2D eigenvalue weighted by atomic mass is 16.5. The van der Waals surface area contributed by atoms with Gasteiger partial charge in [0.2, 0.25) is 5.95 Å². The Hall–Kier alpha value is -3.80. The number of hydrogen-bond donors (Lipinski definition) is 1. The van der Waals surface area contributed by atoms with E-state index in [2.05, 4.69) is 86.0 Å². The first-order valence-electron chi connectivity index (χ1n) is 16.3. The van der Waals surface area contributed by atoms with Crippen LogP contribution in [-0.2, 0) is 19.7 Å². The minimum Gasteiger partial charge on any atom is -0.375 e. The van der Waals surface area contributed by atoms with Crippen molar-refractivity contribution < 1.29 is 14.3 Å². The second-order valence-corrected chi connectivity index (χ2v) is 14.2. The third-order valence-electron chi connectivity index (χ3n) is 9.09. The lowest BCUT2D eigenvalue weighted by Gasteiger charge is -2.35. The second kappa shape index (κ2) is 12.8. The van der Waals surface area contributed by atoms with Crippen LogP contribution in [0.15, 0.2) is 60.0 Å². The lowest BCUT2D eigenvalue weighted by molar-refractivity contribution is -0.127. The van der Waals surface area contributed by atoms with E-state index in [-0.39, 0.29) is 35.6 Å². The van der Waals surface area contributed by atoms with Gasteiger partial charge in [-0.1, -0.05) is 31.2 Å². The number of ether oxygens (including phenoxy) is 2. The number of rotatable bonds is 7. The molecule has 0 spiro atoms. The topological polar surface area (TPSA) is 99.2 Å². The number of anilines is 4. The summed E-state index contributed by atoms with van der Waals surface area (Å²) >= 11 is 0. The van der Waals surface area contributed by atoms with Gasteiger partial charge in [0.1, 0.15) is 24.1 Å². The van der Waals surface area contributed by atoms with Crippen molar-refractivity contribution in [1.82, 2.24) is 24.8 Å². The minimum absolute atomic E-state index is 0.0587. The Bertz CT molecular complexity index is 1540. The molecule has 2 fully saturated rings. The maximum Gasteiger partial charge on any atom is 0.254 e. The van der Waals surface area contributed by atoms with Crippen molar-refractivity contribution in [2.45, 2.75) is 64.6 Å². The summed E-state index contributed by atoms with van der Waals surface area (Å²) in [5, 5.41) is 3.55. The van der Waals surface area contributed by atoms with Gasteiger partial charge in [0.15, 0.2) is 0 Å². The Morgan fingerprint density at radius 1 is 1.13 bits per heavy atom. The summed E-state index contributed by atoms with van der Waals surface area (Å²) < 4.78 is 11.8. The molecule has 1 aliphatic carbocycles. The summed E-state index contributed by atoms with van der Waals surface area (Å²) in [4.78, 5) is 36.4. The van der Waals surface area contributed by atoms with Crippen LogP contribution in [0.1, 0.15) is 47.1 Å². The molecule has 246 valence electrons. The van der Waals surface area contributed by atoms with Gasteiger partial charge in [-0.15, -0.1) is 0 Å². The number of morpholine rings is 1. The van der Waals surface area contributed by atoms with Crippen molar-refractivity contribution in [3.63, 3.8) is 0 Å². The lowest BCUT2D eigenvalue weighted by atomic mass is 9.87. The minimum atomic E-state index is -0.374. The molecule has 1 N–H and O–H groups in total. The highest BCUT2D eigenvalue weighted by molar-refractivity contribution is 5.94. The fourth-order valence-corrected chi connectivity index (χ4v) is 6.48. The molecule has 46 heavy (non-hydrogen) atoms. The summed E-state index contributed by atoms with van der Waals surface area (Å²) in [7, 11) is 2.18. The molecule has 2 aromatic rings. The third-order valence-corrected chi connectivity index (χ3v) is 9.09. The molecule has 4 aliphatic rings. The molecule has 6 rings (SSSR count). The summed E-state index contributed by atoms with van der Waals surface area (Å²) in [6, 6.07) is 5.63. The average molecular weight is 629 g/mol. The molecular formula is C35H48N8O3. The van der Waals surface area contributed by atoms with Gasteiger partial charge in [0, 0.05) is 55.6 Å². The first kappa shape index (κ1) is 32.2. The van der Waals surface area contributed by atoms with Gasteiger partial charge in [0.05, 0.1) is 30.9 Å². The number of piperazine rings is 1. The standard InChI is InChI=1S/C35H48N8O3/c1-24-18-26(10-8-11-28(24)41-16-14-40(7)15-17-41)37-33-36-19-27-32(39-33)42(22-35(27,6)23-46-34(3,4)5)29-12-9-13-30(38-29)43-25(2)20-45-21-31(43)44/h8-13,18-19,25-26H,14-17,20-23H2,1-7H3,(H,36,37,39)/t25?,26?,35-/m0/s1. The van der Waals surface area contributed by atoms with E-state index in [0.717, 1.165) is 43.4 Å². The van der Waals surface area contributed by atoms with Crippen LogP contribution >= 0.6 is 0 Å².